The molecular formula is C18H20O2. The summed E-state index contributed by atoms with van der Waals surface area (Å²) < 4.78 is 5.45. The zero-order valence-electron chi connectivity index (χ0n) is 12.0. The summed E-state index contributed by atoms with van der Waals surface area (Å²) >= 11 is 0. The fraction of sp³-hybridized carbons (Fsp3) is 0.278. The van der Waals surface area contributed by atoms with Crippen LogP contribution >= 0.6 is 0 Å². The average molecular weight is 268 g/mol. The molecule has 2 aromatic rings. The fourth-order valence-electron chi connectivity index (χ4n) is 2.13. The Bertz CT molecular complexity index is 543. The molecular weight excluding hydrogens is 248 g/mol. The first kappa shape index (κ1) is 14.3. The number of rotatable bonds is 5. The fourth-order valence-corrected chi connectivity index (χ4v) is 2.13. The molecule has 0 heterocycles. The van der Waals surface area contributed by atoms with Crippen LogP contribution in [0.4, 0.5) is 0 Å². The molecule has 0 saturated heterocycles. The van der Waals surface area contributed by atoms with Crippen LogP contribution < -0.4 is 0 Å². The van der Waals surface area contributed by atoms with Gasteiger partial charge in [-0.15, -0.1) is 0 Å². The maximum Gasteiger partial charge on any atom is 0.310 e. The normalized spacial score (nSPS) is 11.9. The van der Waals surface area contributed by atoms with E-state index < -0.39 is 0 Å². The lowest BCUT2D eigenvalue weighted by atomic mass is 10.1. The molecule has 0 N–H and O–H groups in total. The third-order valence-electron chi connectivity index (χ3n) is 3.17. The number of ether oxygens (including phenoxy) is 1. The van der Waals surface area contributed by atoms with Gasteiger partial charge in [-0.2, -0.15) is 0 Å². The molecule has 0 amide bonds. The van der Waals surface area contributed by atoms with Gasteiger partial charge in [0.25, 0.3) is 0 Å². The van der Waals surface area contributed by atoms with Crippen molar-refractivity contribution in [2.24, 2.45) is 0 Å². The molecule has 0 spiro atoms. The van der Waals surface area contributed by atoms with E-state index in [0.717, 1.165) is 12.0 Å². The van der Waals surface area contributed by atoms with Gasteiger partial charge in [-0.1, -0.05) is 60.2 Å². The van der Waals surface area contributed by atoms with E-state index in [1.807, 2.05) is 37.3 Å². The molecule has 0 radical (unpaired) electrons. The first-order valence-corrected chi connectivity index (χ1v) is 6.92. The minimum atomic E-state index is -0.171. The van der Waals surface area contributed by atoms with Gasteiger partial charge in [0.1, 0.15) is 6.10 Å². The van der Waals surface area contributed by atoms with Crippen molar-refractivity contribution in [3.8, 4) is 0 Å². The lowest BCUT2D eigenvalue weighted by molar-refractivity contribution is -0.147. The van der Waals surface area contributed by atoms with Crippen molar-refractivity contribution in [2.45, 2.75) is 32.8 Å². The van der Waals surface area contributed by atoms with Crippen LogP contribution in [0.3, 0.4) is 0 Å². The monoisotopic (exact) mass is 268 g/mol. The first-order valence-electron chi connectivity index (χ1n) is 6.92. The van der Waals surface area contributed by atoms with E-state index in [1.54, 1.807) is 0 Å². The van der Waals surface area contributed by atoms with E-state index in [2.05, 4.69) is 31.2 Å². The van der Waals surface area contributed by atoms with E-state index in [4.69, 9.17) is 4.74 Å². The zero-order chi connectivity index (χ0) is 14.4. The van der Waals surface area contributed by atoms with Gasteiger partial charge in [0.2, 0.25) is 0 Å². The van der Waals surface area contributed by atoms with E-state index in [9.17, 15) is 4.79 Å². The Kier molecular flexibility index (Phi) is 4.94. The van der Waals surface area contributed by atoms with E-state index in [1.165, 1.54) is 11.1 Å². The minimum absolute atomic E-state index is 0.103. The highest BCUT2D eigenvalue weighted by atomic mass is 16.5. The van der Waals surface area contributed by atoms with Gasteiger partial charge in [-0.3, -0.25) is 4.79 Å². The maximum absolute atomic E-state index is 11.8. The molecule has 20 heavy (non-hydrogen) atoms. The molecule has 0 fully saturated rings. The summed E-state index contributed by atoms with van der Waals surface area (Å²) in [6.07, 6.45) is 0.980. The highest BCUT2D eigenvalue weighted by Crippen LogP contribution is 2.09. The summed E-state index contributed by atoms with van der Waals surface area (Å²) in [5.74, 6) is -0.171. The Labute approximate surface area is 120 Å². The van der Waals surface area contributed by atoms with Crippen molar-refractivity contribution >= 4 is 5.97 Å². The second-order valence-electron chi connectivity index (χ2n) is 5.15. The Balaban J connectivity index is 1.83. The summed E-state index contributed by atoms with van der Waals surface area (Å²) in [5, 5.41) is 0. The molecule has 2 heteroatoms. The lowest BCUT2D eigenvalue weighted by Crippen LogP contribution is -2.18. The molecule has 0 aliphatic heterocycles. The predicted octanol–water partition coefficient (Wildman–Crippen LogP) is 3.71. The third-order valence-corrected chi connectivity index (χ3v) is 3.17. The molecule has 0 saturated carbocycles. The van der Waals surface area contributed by atoms with Gasteiger partial charge < -0.3 is 4.74 Å². The minimum Gasteiger partial charge on any atom is -0.462 e. The first-order chi connectivity index (χ1) is 9.63. The van der Waals surface area contributed by atoms with E-state index in [-0.39, 0.29) is 12.1 Å². The topological polar surface area (TPSA) is 26.3 Å². The molecule has 1 atom stereocenters. The number of hydrogen-bond acceptors (Lipinski definition) is 2. The molecule has 2 nitrogen and oxygen atoms in total. The zero-order valence-corrected chi connectivity index (χ0v) is 12.0. The second-order valence-corrected chi connectivity index (χ2v) is 5.15. The summed E-state index contributed by atoms with van der Waals surface area (Å²) in [5.41, 5.74) is 3.41. The van der Waals surface area contributed by atoms with Crippen LogP contribution in [0, 0.1) is 6.92 Å². The Morgan fingerprint density at radius 3 is 2.30 bits per heavy atom. The molecule has 0 aliphatic rings. The molecule has 2 aromatic carbocycles. The SMILES string of the molecule is Cc1ccc(CC(C)OC(=O)Cc2ccccc2)cc1. The molecule has 104 valence electrons. The van der Waals surface area contributed by atoms with Crippen LogP contribution in [0.2, 0.25) is 0 Å². The molecule has 0 bridgehead atoms. The molecule has 0 aromatic heterocycles. The Morgan fingerprint density at radius 1 is 1.00 bits per heavy atom. The highest BCUT2D eigenvalue weighted by Gasteiger charge is 2.10. The van der Waals surface area contributed by atoms with Crippen LogP contribution in [0.5, 0.6) is 0 Å². The lowest BCUT2D eigenvalue weighted by Gasteiger charge is -2.13. The van der Waals surface area contributed by atoms with Crippen molar-refractivity contribution in [1.82, 2.24) is 0 Å². The van der Waals surface area contributed by atoms with Crippen LogP contribution in [0.1, 0.15) is 23.6 Å². The number of benzene rings is 2. The standard InChI is InChI=1S/C18H20O2/c1-14-8-10-17(11-9-14)12-15(2)20-18(19)13-16-6-4-3-5-7-16/h3-11,15H,12-13H2,1-2H3. The predicted molar refractivity (Wildman–Crippen MR) is 80.6 cm³/mol. The number of esters is 1. The van der Waals surface area contributed by atoms with Crippen molar-refractivity contribution < 1.29 is 9.53 Å². The summed E-state index contributed by atoms with van der Waals surface area (Å²) in [6.45, 7) is 4.00. The van der Waals surface area contributed by atoms with Crippen LogP contribution in [-0.4, -0.2) is 12.1 Å². The van der Waals surface area contributed by atoms with Gasteiger partial charge in [0, 0.05) is 6.42 Å². The van der Waals surface area contributed by atoms with Crippen molar-refractivity contribution in [1.29, 1.82) is 0 Å². The average Bonchev–Trinajstić information content (AvgIpc) is 2.42. The summed E-state index contributed by atoms with van der Waals surface area (Å²) in [7, 11) is 0. The summed E-state index contributed by atoms with van der Waals surface area (Å²) in [6, 6.07) is 18.0. The Hall–Kier alpha value is -2.09. The van der Waals surface area contributed by atoms with Crippen LogP contribution in [-0.2, 0) is 22.4 Å². The smallest absolute Gasteiger partial charge is 0.310 e. The molecule has 2 rings (SSSR count). The number of hydrogen-bond donors (Lipinski definition) is 0. The Morgan fingerprint density at radius 2 is 1.65 bits per heavy atom. The third kappa shape index (κ3) is 4.54. The second kappa shape index (κ2) is 6.90. The van der Waals surface area contributed by atoms with E-state index in [0.29, 0.717) is 6.42 Å². The van der Waals surface area contributed by atoms with Crippen LogP contribution in [0.25, 0.3) is 0 Å². The van der Waals surface area contributed by atoms with Gasteiger partial charge >= 0.3 is 5.97 Å². The molecule has 1 unspecified atom stereocenters. The summed E-state index contributed by atoms with van der Waals surface area (Å²) in [4.78, 5) is 11.8. The van der Waals surface area contributed by atoms with Crippen molar-refractivity contribution in [3.63, 3.8) is 0 Å². The van der Waals surface area contributed by atoms with Gasteiger partial charge in [0.05, 0.1) is 6.42 Å². The van der Waals surface area contributed by atoms with E-state index >= 15 is 0 Å². The van der Waals surface area contributed by atoms with Crippen molar-refractivity contribution in [2.75, 3.05) is 0 Å². The quantitative estimate of drug-likeness (QED) is 0.773. The van der Waals surface area contributed by atoms with Crippen LogP contribution in [0.15, 0.2) is 54.6 Å². The number of carbonyl (C=O) groups excluding carboxylic acids is 1. The molecule has 0 aliphatic carbocycles. The van der Waals surface area contributed by atoms with Crippen molar-refractivity contribution in [3.05, 3.63) is 71.3 Å². The van der Waals surface area contributed by atoms with Gasteiger partial charge in [-0.05, 0) is 25.0 Å². The van der Waals surface area contributed by atoms with Gasteiger partial charge in [-0.25, -0.2) is 0 Å². The number of aryl methyl sites for hydroxylation is 1. The number of carbonyl (C=O) groups is 1. The largest absolute Gasteiger partial charge is 0.462 e. The highest BCUT2D eigenvalue weighted by molar-refractivity contribution is 5.72. The van der Waals surface area contributed by atoms with Gasteiger partial charge in [0.15, 0.2) is 0 Å². The maximum atomic E-state index is 11.8.